The van der Waals surface area contributed by atoms with Gasteiger partial charge in [0, 0.05) is 12.6 Å². The van der Waals surface area contributed by atoms with Crippen LogP contribution in [0.5, 0.6) is 0 Å². The predicted octanol–water partition coefficient (Wildman–Crippen LogP) is 3.37. The minimum Gasteiger partial charge on any atom is -0.283 e. The highest BCUT2D eigenvalue weighted by Gasteiger charge is 2.15. The van der Waals surface area contributed by atoms with E-state index in [0.29, 0.717) is 12.6 Å². The molecule has 0 spiro atoms. The fraction of sp³-hybridized carbons (Fsp3) is 0.400. The summed E-state index contributed by atoms with van der Waals surface area (Å²) in [6, 6.07) is 13.0. The molecule has 2 nitrogen and oxygen atoms in total. The van der Waals surface area contributed by atoms with Gasteiger partial charge in [-0.25, -0.2) is 0 Å². The number of nitrogens with zero attached hydrogens (tertiary/aromatic N) is 2. The van der Waals surface area contributed by atoms with E-state index in [-0.39, 0.29) is 0 Å². The van der Waals surface area contributed by atoms with Crippen LogP contribution in [0.2, 0.25) is 0 Å². The van der Waals surface area contributed by atoms with Gasteiger partial charge in [-0.1, -0.05) is 43.3 Å². The number of nitriles is 1. The first-order chi connectivity index (χ1) is 8.31. The first-order valence-electron chi connectivity index (χ1n) is 6.07. The van der Waals surface area contributed by atoms with E-state index in [0.717, 1.165) is 19.4 Å². The monoisotopic (exact) mass is 228 g/mol. The number of hydrogen-bond acceptors (Lipinski definition) is 2. The van der Waals surface area contributed by atoms with Crippen molar-refractivity contribution >= 4 is 0 Å². The highest BCUT2D eigenvalue weighted by atomic mass is 15.1. The Kier molecular flexibility index (Phi) is 6.06. The summed E-state index contributed by atoms with van der Waals surface area (Å²) in [4.78, 5) is 2.22. The Morgan fingerprint density at radius 2 is 2.12 bits per heavy atom. The zero-order chi connectivity index (χ0) is 12.5. The largest absolute Gasteiger partial charge is 0.283 e. The minimum atomic E-state index is 0.410. The highest BCUT2D eigenvalue weighted by molar-refractivity contribution is 5.14. The van der Waals surface area contributed by atoms with Gasteiger partial charge in [0.15, 0.2) is 0 Å². The van der Waals surface area contributed by atoms with Crippen molar-refractivity contribution in [3.05, 3.63) is 48.6 Å². The van der Waals surface area contributed by atoms with E-state index in [9.17, 15) is 0 Å². The second kappa shape index (κ2) is 7.65. The smallest absolute Gasteiger partial charge is 0.0871 e. The van der Waals surface area contributed by atoms with Crippen LogP contribution in [0.4, 0.5) is 0 Å². The maximum Gasteiger partial charge on any atom is 0.0871 e. The standard InChI is InChI=1S/C15H20N2/c1-3-8-15(4-2)17(12-11-16)13-14-9-6-5-7-10-14/h3,5-7,9-10,15H,1,4,8,12-13H2,2H3/t15-/m1/s1. The number of benzene rings is 1. The molecule has 0 N–H and O–H groups in total. The molecule has 1 aromatic rings. The molecule has 1 rings (SSSR count). The van der Waals surface area contributed by atoms with Gasteiger partial charge in [0.05, 0.1) is 12.6 Å². The maximum atomic E-state index is 8.91. The molecule has 0 aliphatic heterocycles. The Labute approximate surface area is 104 Å². The topological polar surface area (TPSA) is 27.0 Å². The predicted molar refractivity (Wildman–Crippen MR) is 71.4 cm³/mol. The molecule has 0 aliphatic carbocycles. The van der Waals surface area contributed by atoms with Crippen LogP contribution >= 0.6 is 0 Å². The molecule has 0 saturated carbocycles. The zero-order valence-corrected chi connectivity index (χ0v) is 10.5. The van der Waals surface area contributed by atoms with Gasteiger partial charge in [-0.15, -0.1) is 6.58 Å². The van der Waals surface area contributed by atoms with Gasteiger partial charge in [-0.3, -0.25) is 4.90 Å². The molecule has 0 radical (unpaired) electrons. The molecule has 0 aliphatic rings. The van der Waals surface area contributed by atoms with Crippen LogP contribution in [-0.4, -0.2) is 17.5 Å². The molecule has 2 heteroatoms. The first-order valence-corrected chi connectivity index (χ1v) is 6.07. The van der Waals surface area contributed by atoms with Crippen LogP contribution in [0.25, 0.3) is 0 Å². The third-order valence-electron chi connectivity index (χ3n) is 2.93. The van der Waals surface area contributed by atoms with Crippen molar-refractivity contribution in [1.82, 2.24) is 4.90 Å². The average Bonchev–Trinajstić information content (AvgIpc) is 2.37. The van der Waals surface area contributed by atoms with Gasteiger partial charge < -0.3 is 0 Å². The molecule has 0 aromatic heterocycles. The van der Waals surface area contributed by atoms with E-state index in [1.807, 2.05) is 24.3 Å². The molecule has 1 atom stereocenters. The van der Waals surface area contributed by atoms with E-state index in [1.165, 1.54) is 5.56 Å². The summed E-state index contributed by atoms with van der Waals surface area (Å²) >= 11 is 0. The van der Waals surface area contributed by atoms with Crippen LogP contribution in [0.15, 0.2) is 43.0 Å². The molecule has 0 saturated heterocycles. The molecule has 0 unspecified atom stereocenters. The minimum absolute atomic E-state index is 0.410. The molecule has 0 heterocycles. The first kappa shape index (κ1) is 13.5. The van der Waals surface area contributed by atoms with E-state index >= 15 is 0 Å². The normalized spacial score (nSPS) is 12.1. The van der Waals surface area contributed by atoms with Crippen LogP contribution in [0.3, 0.4) is 0 Å². The molecule has 17 heavy (non-hydrogen) atoms. The van der Waals surface area contributed by atoms with Gasteiger partial charge in [0.25, 0.3) is 0 Å². The summed E-state index contributed by atoms with van der Waals surface area (Å²) in [6.07, 6.45) is 3.91. The lowest BCUT2D eigenvalue weighted by atomic mass is 10.1. The van der Waals surface area contributed by atoms with Crippen LogP contribution in [-0.2, 0) is 6.54 Å². The Balaban J connectivity index is 2.71. The molecule has 0 fully saturated rings. The van der Waals surface area contributed by atoms with Gasteiger partial charge in [0.2, 0.25) is 0 Å². The molecule has 0 bridgehead atoms. The van der Waals surface area contributed by atoms with Crippen molar-refractivity contribution in [2.75, 3.05) is 6.54 Å². The lowest BCUT2D eigenvalue weighted by Crippen LogP contribution is -2.34. The summed E-state index contributed by atoms with van der Waals surface area (Å²) in [6.45, 7) is 7.25. The zero-order valence-electron chi connectivity index (χ0n) is 10.5. The fourth-order valence-corrected chi connectivity index (χ4v) is 1.99. The molecular formula is C15H20N2. The number of hydrogen-bond donors (Lipinski definition) is 0. The number of rotatable bonds is 7. The molecule has 1 aromatic carbocycles. The van der Waals surface area contributed by atoms with Gasteiger partial charge in [-0.2, -0.15) is 5.26 Å². The van der Waals surface area contributed by atoms with Crippen molar-refractivity contribution in [3.8, 4) is 6.07 Å². The third-order valence-corrected chi connectivity index (χ3v) is 2.93. The van der Waals surface area contributed by atoms with E-state index in [1.54, 1.807) is 0 Å². The van der Waals surface area contributed by atoms with Crippen LogP contribution < -0.4 is 0 Å². The lowest BCUT2D eigenvalue weighted by molar-refractivity contribution is 0.206. The van der Waals surface area contributed by atoms with Gasteiger partial charge in [0.1, 0.15) is 0 Å². The molecule has 0 amide bonds. The van der Waals surface area contributed by atoms with E-state index < -0.39 is 0 Å². The summed E-state index contributed by atoms with van der Waals surface area (Å²) < 4.78 is 0. The summed E-state index contributed by atoms with van der Waals surface area (Å²) in [5.74, 6) is 0. The summed E-state index contributed by atoms with van der Waals surface area (Å²) in [5.41, 5.74) is 1.25. The summed E-state index contributed by atoms with van der Waals surface area (Å²) in [5, 5.41) is 8.91. The van der Waals surface area contributed by atoms with E-state index in [4.69, 9.17) is 5.26 Å². The Bertz CT molecular complexity index is 364. The van der Waals surface area contributed by atoms with Crippen LogP contribution in [0, 0.1) is 11.3 Å². The third kappa shape index (κ3) is 4.42. The second-order valence-corrected chi connectivity index (χ2v) is 4.14. The van der Waals surface area contributed by atoms with Crippen molar-refractivity contribution in [1.29, 1.82) is 5.26 Å². The maximum absolute atomic E-state index is 8.91. The van der Waals surface area contributed by atoms with Crippen molar-refractivity contribution in [2.45, 2.75) is 32.4 Å². The highest BCUT2D eigenvalue weighted by Crippen LogP contribution is 2.13. The molecular weight excluding hydrogens is 208 g/mol. The Morgan fingerprint density at radius 1 is 1.41 bits per heavy atom. The van der Waals surface area contributed by atoms with Crippen LogP contribution in [0.1, 0.15) is 25.3 Å². The quantitative estimate of drug-likeness (QED) is 0.528. The van der Waals surface area contributed by atoms with Crippen molar-refractivity contribution in [3.63, 3.8) is 0 Å². The fourth-order valence-electron chi connectivity index (χ4n) is 1.99. The van der Waals surface area contributed by atoms with Crippen molar-refractivity contribution < 1.29 is 0 Å². The SMILES string of the molecule is C=CC[C@@H](CC)N(CC#N)Cc1ccccc1. The average molecular weight is 228 g/mol. The van der Waals surface area contributed by atoms with Gasteiger partial charge in [-0.05, 0) is 18.4 Å². The lowest BCUT2D eigenvalue weighted by Gasteiger charge is -2.28. The Morgan fingerprint density at radius 3 is 2.65 bits per heavy atom. The summed E-state index contributed by atoms with van der Waals surface area (Å²) in [7, 11) is 0. The van der Waals surface area contributed by atoms with Crippen molar-refractivity contribution in [2.24, 2.45) is 0 Å². The molecule has 90 valence electrons. The Hall–Kier alpha value is -1.59. The van der Waals surface area contributed by atoms with Gasteiger partial charge >= 0.3 is 0 Å². The second-order valence-electron chi connectivity index (χ2n) is 4.14. The van der Waals surface area contributed by atoms with E-state index in [2.05, 4.69) is 36.6 Å².